The molecule has 0 saturated carbocycles. The van der Waals surface area contributed by atoms with Gasteiger partial charge in [-0.25, -0.2) is 9.97 Å². The molecule has 12 heteroatoms. The lowest BCUT2D eigenvalue weighted by Crippen LogP contribution is -2.34. The molecule has 0 radical (unpaired) electrons. The lowest BCUT2D eigenvalue weighted by Gasteiger charge is -2.22. The second-order valence-electron chi connectivity index (χ2n) is 18.7. The highest BCUT2D eigenvalue weighted by Gasteiger charge is 2.38. The van der Waals surface area contributed by atoms with Crippen LogP contribution >= 0.6 is 22.7 Å². The van der Waals surface area contributed by atoms with Gasteiger partial charge < -0.3 is 0 Å². The van der Waals surface area contributed by atoms with E-state index in [1.807, 2.05) is 0 Å². The first-order chi connectivity index (χ1) is 32.1. The summed E-state index contributed by atoms with van der Waals surface area (Å²) in [5, 5.41) is 3.33. The highest BCUT2D eigenvalue weighted by atomic mass is 32.1. The summed E-state index contributed by atoms with van der Waals surface area (Å²) in [5.74, 6) is -0.526. The van der Waals surface area contributed by atoms with Crippen molar-refractivity contribution in [2.24, 2.45) is 11.8 Å². The lowest BCUT2D eigenvalue weighted by molar-refractivity contribution is 0.0607. The molecule has 0 aliphatic carbocycles. The van der Waals surface area contributed by atoms with Crippen LogP contribution in [0.1, 0.15) is 172 Å². The number of aromatic nitrogens is 2. The van der Waals surface area contributed by atoms with Gasteiger partial charge in [-0.3, -0.25) is 38.6 Å². The third-order valence-corrected chi connectivity index (χ3v) is 16.3. The van der Waals surface area contributed by atoms with Gasteiger partial charge in [0, 0.05) is 45.8 Å². The van der Waals surface area contributed by atoms with Crippen LogP contribution in [0.25, 0.3) is 63.1 Å². The van der Waals surface area contributed by atoms with E-state index in [1.54, 1.807) is 48.5 Å². The fourth-order valence-electron chi connectivity index (χ4n) is 10.2. The first-order valence-corrected chi connectivity index (χ1v) is 26.0. The molecule has 9 rings (SSSR count). The summed E-state index contributed by atoms with van der Waals surface area (Å²) in [6.07, 6.45) is 17.5. The Morgan fingerprint density at radius 1 is 0.439 bits per heavy atom. The fourth-order valence-corrected chi connectivity index (χ4v) is 12.4. The zero-order valence-electron chi connectivity index (χ0n) is 38.6. The van der Waals surface area contributed by atoms with Crippen LogP contribution in [0, 0.1) is 11.8 Å². The number of fused-ring (bicyclic) bond motifs is 8. The van der Waals surface area contributed by atoms with Crippen molar-refractivity contribution in [3.8, 4) is 21.1 Å². The Balaban J connectivity index is 0.964. The topological polar surface area (TPSA) is 135 Å². The average Bonchev–Trinajstić information content (AvgIpc) is 4.16. The van der Waals surface area contributed by atoms with Gasteiger partial charge in [-0.2, -0.15) is 0 Å². The second-order valence-corrected chi connectivity index (χ2v) is 20.7. The number of nitrogens with zero attached hydrogens (tertiary/aromatic N) is 4. The van der Waals surface area contributed by atoms with Crippen molar-refractivity contribution < 1.29 is 19.2 Å². The molecule has 0 N–H and O–H groups in total. The van der Waals surface area contributed by atoms with E-state index in [2.05, 4.69) is 27.7 Å². The smallest absolute Gasteiger partial charge is 0.261 e. The van der Waals surface area contributed by atoms with Crippen LogP contribution in [-0.4, -0.2) is 56.5 Å². The summed E-state index contributed by atoms with van der Waals surface area (Å²) >= 11 is 2.67. The molecular weight excluding hydrogens is 865 g/mol. The van der Waals surface area contributed by atoms with E-state index in [1.165, 1.54) is 45.3 Å². The molecule has 2 aliphatic rings. The quantitative estimate of drug-likeness (QED) is 0.0484. The standard InChI is InChI=1S/C54H58N4O6S2/c1-5-9-13-15-19-31(17-11-7-3)29-57-51(61)35-23-21-33(25-41(35)53(57)63)49-55-43-45(59)37-28-40-38(27-39(37)47(43)65-49)46(60)44-48(40)66-50(56-44)34-22-24-36-42(26-34)54(64)58(52(36)62)30-32(18-12-8-4)20-16-14-10-6-2/h21-28,31-32H,5-20,29-30H2,1-4H3. The molecule has 2 unspecified atom stereocenters. The highest BCUT2D eigenvalue weighted by Crippen LogP contribution is 2.41. The zero-order chi connectivity index (χ0) is 46.2. The van der Waals surface area contributed by atoms with E-state index < -0.39 is 0 Å². The summed E-state index contributed by atoms with van der Waals surface area (Å²) in [6.45, 7) is 9.56. The van der Waals surface area contributed by atoms with Gasteiger partial charge in [0.05, 0.1) is 31.7 Å². The number of imide groups is 2. The minimum absolute atomic E-state index is 0.240. The molecule has 10 nitrogen and oxygen atoms in total. The van der Waals surface area contributed by atoms with E-state index >= 15 is 0 Å². The van der Waals surface area contributed by atoms with E-state index in [-0.39, 0.29) is 46.3 Å². The van der Waals surface area contributed by atoms with Crippen molar-refractivity contribution in [3.05, 3.63) is 91.2 Å². The normalized spacial score (nSPS) is 14.9. The maximum atomic E-state index is 14.0. The maximum absolute atomic E-state index is 14.0. The third-order valence-electron chi connectivity index (χ3n) is 14.0. The van der Waals surface area contributed by atoms with E-state index in [0.29, 0.717) is 98.5 Å². The molecule has 5 aromatic carbocycles. The largest absolute Gasteiger partial charge is 0.287 e. The van der Waals surface area contributed by atoms with E-state index in [9.17, 15) is 28.8 Å². The molecule has 0 saturated heterocycles. The SMILES string of the molecule is CCCCCCC(CCCC)CN1C(=O)c2ccc(-c3nc4c(=O)c5cc6c(cc5c4s3)c(=O)c3nc(-c4ccc5c(c4)C(=O)N(CC(CCCC)CCCCCC)C5=O)sc36)cc2C1=O. The van der Waals surface area contributed by atoms with Gasteiger partial charge in [-0.05, 0) is 73.9 Å². The summed E-state index contributed by atoms with van der Waals surface area (Å²) in [7, 11) is 0. The highest BCUT2D eigenvalue weighted by molar-refractivity contribution is 7.23. The van der Waals surface area contributed by atoms with Crippen LogP contribution in [0.5, 0.6) is 0 Å². The second kappa shape index (κ2) is 19.4. The molecule has 0 fully saturated rings. The molecule has 2 atom stereocenters. The molecule has 0 bridgehead atoms. The summed E-state index contributed by atoms with van der Waals surface area (Å²) in [6, 6.07) is 14.0. The molecule has 4 heterocycles. The fraction of sp³-hybridized carbons (Fsp3) is 0.444. The van der Waals surface area contributed by atoms with Gasteiger partial charge in [-0.15, -0.1) is 22.7 Å². The number of amides is 4. The van der Waals surface area contributed by atoms with Crippen molar-refractivity contribution >= 4 is 88.3 Å². The molecule has 4 amide bonds. The zero-order valence-corrected chi connectivity index (χ0v) is 40.2. The number of benzene rings is 3. The minimum Gasteiger partial charge on any atom is -0.287 e. The summed E-state index contributed by atoms with van der Waals surface area (Å²) in [5.41, 5.74) is 2.96. The predicted molar refractivity (Wildman–Crippen MR) is 268 cm³/mol. The average molecular weight is 923 g/mol. The van der Waals surface area contributed by atoms with Crippen LogP contribution in [0.2, 0.25) is 0 Å². The molecule has 0 spiro atoms. The number of carbonyl (C=O) groups excluding carboxylic acids is 4. The van der Waals surface area contributed by atoms with Crippen molar-refractivity contribution in [1.82, 2.24) is 19.8 Å². The number of rotatable bonds is 22. The Hall–Kier alpha value is -5.46. The summed E-state index contributed by atoms with van der Waals surface area (Å²) in [4.78, 5) is 95.2. The van der Waals surface area contributed by atoms with Gasteiger partial charge >= 0.3 is 0 Å². The number of thiazole rings is 2. The molecule has 7 aromatic rings. The Morgan fingerprint density at radius 3 is 1.21 bits per heavy atom. The van der Waals surface area contributed by atoms with Crippen molar-refractivity contribution in [1.29, 1.82) is 0 Å². The van der Waals surface area contributed by atoms with Crippen LogP contribution < -0.4 is 10.9 Å². The van der Waals surface area contributed by atoms with Gasteiger partial charge in [-0.1, -0.05) is 117 Å². The molecule has 2 aromatic heterocycles. The van der Waals surface area contributed by atoms with Crippen molar-refractivity contribution in [3.63, 3.8) is 0 Å². The van der Waals surface area contributed by atoms with Crippen LogP contribution in [-0.2, 0) is 0 Å². The molecular formula is C54H58N4O6S2. The van der Waals surface area contributed by atoms with Gasteiger partial charge in [0.25, 0.3) is 23.6 Å². The van der Waals surface area contributed by atoms with Gasteiger partial charge in [0.1, 0.15) is 21.0 Å². The number of unbranched alkanes of at least 4 members (excludes halogenated alkanes) is 8. The Kier molecular flexibility index (Phi) is 13.4. The van der Waals surface area contributed by atoms with Gasteiger partial charge in [0.2, 0.25) is 10.9 Å². The predicted octanol–water partition coefficient (Wildman–Crippen LogP) is 12.9. The van der Waals surface area contributed by atoms with Crippen LogP contribution in [0.15, 0.2) is 58.1 Å². The lowest BCUT2D eigenvalue weighted by atomic mass is 9.94. The Morgan fingerprint density at radius 2 is 0.818 bits per heavy atom. The van der Waals surface area contributed by atoms with Crippen molar-refractivity contribution in [2.75, 3.05) is 13.1 Å². The molecule has 2 aliphatic heterocycles. The monoisotopic (exact) mass is 922 g/mol. The van der Waals surface area contributed by atoms with E-state index in [4.69, 9.17) is 9.97 Å². The first kappa shape index (κ1) is 45.7. The first-order valence-electron chi connectivity index (χ1n) is 24.4. The number of carbonyl (C=O) groups is 4. The maximum Gasteiger partial charge on any atom is 0.261 e. The number of hydrogen-bond donors (Lipinski definition) is 0. The molecule has 66 heavy (non-hydrogen) atoms. The van der Waals surface area contributed by atoms with Crippen LogP contribution in [0.4, 0.5) is 0 Å². The Bertz CT molecular complexity index is 2910. The van der Waals surface area contributed by atoms with E-state index in [0.717, 1.165) is 89.9 Å². The molecule has 342 valence electrons. The third kappa shape index (κ3) is 8.33. The van der Waals surface area contributed by atoms with Gasteiger partial charge in [0.15, 0.2) is 0 Å². The van der Waals surface area contributed by atoms with Crippen LogP contribution in [0.3, 0.4) is 0 Å². The summed E-state index contributed by atoms with van der Waals surface area (Å²) < 4.78 is 1.32. The number of hydrogen-bond acceptors (Lipinski definition) is 10. The minimum atomic E-state index is -0.281. The van der Waals surface area contributed by atoms with Crippen molar-refractivity contribution in [2.45, 2.75) is 130 Å². The Labute approximate surface area is 393 Å².